The normalized spacial score (nSPS) is 15.6. The third-order valence-corrected chi connectivity index (χ3v) is 4.58. The Hall–Kier alpha value is -2.13. The largest absolute Gasteiger partial charge is 0.493 e. The molecule has 0 saturated carbocycles. The summed E-state index contributed by atoms with van der Waals surface area (Å²) in [5.41, 5.74) is 2.48. The molecule has 0 aliphatic carbocycles. The van der Waals surface area contributed by atoms with Crippen molar-refractivity contribution in [2.75, 3.05) is 26.2 Å². The molecule has 0 N–H and O–H groups in total. The lowest BCUT2D eigenvalue weighted by atomic mass is 10.1. The van der Waals surface area contributed by atoms with Gasteiger partial charge >= 0.3 is 0 Å². The minimum Gasteiger partial charge on any atom is -0.493 e. The van der Waals surface area contributed by atoms with Crippen LogP contribution in [0.3, 0.4) is 0 Å². The molecule has 3 rings (SSSR count). The van der Waals surface area contributed by atoms with E-state index in [0.29, 0.717) is 12.4 Å². The standard InChI is InChI=1S/C22H26FNO/c23-21-10-12-22(13-11-21)25-18-14-20-8-6-19(7-9-20)5-4-17-24-15-2-1-3-16-24/h4-13H,1-3,14-18H2/b5-4+. The van der Waals surface area contributed by atoms with Crippen LogP contribution in [-0.2, 0) is 6.42 Å². The van der Waals surface area contributed by atoms with Gasteiger partial charge in [0.2, 0.25) is 0 Å². The molecule has 0 bridgehead atoms. The maximum Gasteiger partial charge on any atom is 0.123 e. The SMILES string of the molecule is Fc1ccc(OCCc2ccc(/C=C/CN3CCCCC3)cc2)cc1. The van der Waals surface area contributed by atoms with Crippen LogP contribution in [-0.4, -0.2) is 31.1 Å². The molecule has 2 aromatic carbocycles. The van der Waals surface area contributed by atoms with Crippen molar-refractivity contribution >= 4 is 6.08 Å². The Bertz CT molecular complexity index is 657. The van der Waals surface area contributed by atoms with Gasteiger partial charge in [0.15, 0.2) is 0 Å². The van der Waals surface area contributed by atoms with E-state index in [9.17, 15) is 4.39 Å². The monoisotopic (exact) mass is 339 g/mol. The number of ether oxygens (including phenoxy) is 1. The maximum atomic E-state index is 12.8. The van der Waals surface area contributed by atoms with Crippen LogP contribution in [0.2, 0.25) is 0 Å². The second-order valence-electron chi connectivity index (χ2n) is 6.56. The summed E-state index contributed by atoms with van der Waals surface area (Å²) in [6, 6.07) is 14.8. The molecule has 1 saturated heterocycles. The van der Waals surface area contributed by atoms with Gasteiger partial charge in [-0.25, -0.2) is 4.39 Å². The van der Waals surface area contributed by atoms with Gasteiger partial charge in [0.05, 0.1) is 6.61 Å². The van der Waals surface area contributed by atoms with Crippen LogP contribution in [0.1, 0.15) is 30.4 Å². The van der Waals surface area contributed by atoms with Gasteiger partial charge in [-0.1, -0.05) is 42.8 Å². The second kappa shape index (κ2) is 9.38. The van der Waals surface area contributed by atoms with Gasteiger partial charge in [0.25, 0.3) is 0 Å². The lowest BCUT2D eigenvalue weighted by Crippen LogP contribution is -2.29. The van der Waals surface area contributed by atoms with Crippen LogP contribution < -0.4 is 4.74 Å². The fraction of sp³-hybridized carbons (Fsp3) is 0.364. The Morgan fingerprint density at radius 2 is 1.64 bits per heavy atom. The molecule has 0 spiro atoms. The third-order valence-electron chi connectivity index (χ3n) is 4.58. The molecule has 1 aliphatic rings. The topological polar surface area (TPSA) is 12.5 Å². The average Bonchev–Trinajstić information content (AvgIpc) is 2.66. The van der Waals surface area contributed by atoms with Crippen LogP contribution in [0.4, 0.5) is 4.39 Å². The van der Waals surface area contributed by atoms with E-state index in [4.69, 9.17) is 4.74 Å². The molecule has 1 heterocycles. The summed E-state index contributed by atoms with van der Waals surface area (Å²) in [5, 5.41) is 0. The molecular weight excluding hydrogens is 313 g/mol. The first-order valence-corrected chi connectivity index (χ1v) is 9.16. The minimum atomic E-state index is -0.240. The van der Waals surface area contributed by atoms with Crippen LogP contribution in [0.15, 0.2) is 54.6 Å². The highest BCUT2D eigenvalue weighted by Gasteiger charge is 2.07. The Kier molecular flexibility index (Phi) is 6.63. The van der Waals surface area contributed by atoms with Gasteiger partial charge in [0.1, 0.15) is 11.6 Å². The van der Waals surface area contributed by atoms with Crippen LogP contribution >= 0.6 is 0 Å². The van der Waals surface area contributed by atoms with Crippen LogP contribution in [0.5, 0.6) is 5.75 Å². The van der Waals surface area contributed by atoms with Crippen molar-refractivity contribution in [1.82, 2.24) is 4.90 Å². The number of nitrogens with zero attached hydrogens (tertiary/aromatic N) is 1. The predicted molar refractivity (Wildman–Crippen MR) is 101 cm³/mol. The van der Waals surface area contributed by atoms with E-state index in [0.717, 1.165) is 13.0 Å². The maximum absolute atomic E-state index is 12.8. The highest BCUT2D eigenvalue weighted by Crippen LogP contribution is 2.13. The number of hydrogen-bond donors (Lipinski definition) is 0. The molecule has 0 radical (unpaired) electrons. The van der Waals surface area contributed by atoms with Gasteiger partial charge in [-0.3, -0.25) is 4.90 Å². The molecule has 1 aliphatic heterocycles. The average molecular weight is 339 g/mol. The van der Waals surface area contributed by atoms with Gasteiger partial charge in [-0.05, 0) is 61.3 Å². The molecule has 25 heavy (non-hydrogen) atoms. The number of halogens is 1. The molecule has 1 fully saturated rings. The summed E-state index contributed by atoms with van der Waals surface area (Å²) in [6.45, 7) is 4.11. The summed E-state index contributed by atoms with van der Waals surface area (Å²) in [5.74, 6) is 0.468. The number of hydrogen-bond acceptors (Lipinski definition) is 2. The summed E-state index contributed by atoms with van der Waals surface area (Å²) in [6.07, 6.45) is 9.36. The molecular formula is C22H26FNO. The second-order valence-corrected chi connectivity index (χ2v) is 6.56. The Morgan fingerprint density at radius 1 is 0.920 bits per heavy atom. The zero-order chi connectivity index (χ0) is 17.3. The van der Waals surface area contributed by atoms with E-state index < -0.39 is 0 Å². The van der Waals surface area contributed by atoms with Crippen LogP contribution in [0, 0.1) is 5.82 Å². The number of piperidine rings is 1. The lowest BCUT2D eigenvalue weighted by molar-refractivity contribution is 0.252. The Morgan fingerprint density at radius 3 is 2.36 bits per heavy atom. The summed E-state index contributed by atoms with van der Waals surface area (Å²) in [4.78, 5) is 2.52. The highest BCUT2D eigenvalue weighted by molar-refractivity contribution is 5.49. The Labute approximate surface area is 149 Å². The zero-order valence-electron chi connectivity index (χ0n) is 14.7. The number of rotatable bonds is 7. The first-order valence-electron chi connectivity index (χ1n) is 9.16. The molecule has 132 valence electrons. The van der Waals surface area contributed by atoms with Gasteiger partial charge in [0, 0.05) is 13.0 Å². The van der Waals surface area contributed by atoms with Crippen molar-refractivity contribution in [2.24, 2.45) is 0 Å². The first kappa shape index (κ1) is 17.7. The van der Waals surface area contributed by atoms with Gasteiger partial charge in [-0.15, -0.1) is 0 Å². The fourth-order valence-corrected chi connectivity index (χ4v) is 3.09. The van der Waals surface area contributed by atoms with Crippen molar-refractivity contribution in [2.45, 2.75) is 25.7 Å². The summed E-state index contributed by atoms with van der Waals surface area (Å²) < 4.78 is 18.5. The van der Waals surface area contributed by atoms with Crippen molar-refractivity contribution in [3.63, 3.8) is 0 Å². The quantitative estimate of drug-likeness (QED) is 0.708. The van der Waals surface area contributed by atoms with Crippen molar-refractivity contribution in [1.29, 1.82) is 0 Å². The van der Waals surface area contributed by atoms with Crippen LogP contribution in [0.25, 0.3) is 6.08 Å². The molecule has 0 unspecified atom stereocenters. The highest BCUT2D eigenvalue weighted by atomic mass is 19.1. The molecule has 3 heteroatoms. The van der Waals surface area contributed by atoms with E-state index in [1.54, 1.807) is 12.1 Å². The smallest absolute Gasteiger partial charge is 0.123 e. The van der Waals surface area contributed by atoms with E-state index in [-0.39, 0.29) is 5.82 Å². The van der Waals surface area contributed by atoms with E-state index >= 15 is 0 Å². The molecule has 2 nitrogen and oxygen atoms in total. The van der Waals surface area contributed by atoms with Gasteiger partial charge in [-0.2, -0.15) is 0 Å². The third kappa shape index (κ3) is 6.02. The number of likely N-dealkylation sites (tertiary alicyclic amines) is 1. The minimum absolute atomic E-state index is 0.240. The van der Waals surface area contributed by atoms with E-state index in [2.05, 4.69) is 41.3 Å². The predicted octanol–water partition coefficient (Wildman–Crippen LogP) is 4.95. The molecule has 0 amide bonds. The first-order chi connectivity index (χ1) is 12.3. The molecule has 0 atom stereocenters. The zero-order valence-corrected chi connectivity index (χ0v) is 14.7. The van der Waals surface area contributed by atoms with Crippen molar-refractivity contribution in [3.8, 4) is 5.75 Å². The fourth-order valence-electron chi connectivity index (χ4n) is 3.09. The van der Waals surface area contributed by atoms with E-state index in [1.807, 2.05) is 0 Å². The van der Waals surface area contributed by atoms with Crippen molar-refractivity contribution < 1.29 is 9.13 Å². The van der Waals surface area contributed by atoms with Gasteiger partial charge < -0.3 is 4.74 Å². The lowest BCUT2D eigenvalue weighted by Gasteiger charge is -2.24. The molecule has 2 aromatic rings. The number of benzene rings is 2. The molecule has 0 aromatic heterocycles. The summed E-state index contributed by atoms with van der Waals surface area (Å²) >= 11 is 0. The van der Waals surface area contributed by atoms with E-state index in [1.165, 1.54) is 55.6 Å². The summed E-state index contributed by atoms with van der Waals surface area (Å²) in [7, 11) is 0. The van der Waals surface area contributed by atoms with Crippen molar-refractivity contribution in [3.05, 3.63) is 71.6 Å². The Balaban J connectivity index is 1.41.